The molecule has 0 saturated carbocycles. The third kappa shape index (κ3) is 3.03. The molecule has 0 aromatic rings. The molecule has 3 heteroatoms. The average Bonchev–Trinajstić information content (AvgIpc) is 2.63. The van der Waals surface area contributed by atoms with E-state index in [0.717, 1.165) is 38.5 Å². The Balaban J connectivity index is 1.69. The topological polar surface area (TPSA) is 26.3 Å². The van der Waals surface area contributed by atoms with Crippen molar-refractivity contribution in [2.45, 2.75) is 63.6 Å². The number of unbranched alkanes of at least 4 members (excludes halogenated alkanes) is 2. The predicted octanol–water partition coefficient (Wildman–Crippen LogP) is 3.04. The van der Waals surface area contributed by atoms with Crippen molar-refractivity contribution in [2.75, 3.05) is 6.67 Å². The van der Waals surface area contributed by atoms with Crippen molar-refractivity contribution in [2.24, 2.45) is 5.92 Å². The summed E-state index contributed by atoms with van der Waals surface area (Å²) in [4.78, 5) is 11.9. The van der Waals surface area contributed by atoms with Gasteiger partial charge in [0.1, 0.15) is 5.78 Å². The second-order valence-electron chi connectivity index (χ2n) is 5.09. The van der Waals surface area contributed by atoms with Crippen molar-refractivity contribution < 1.29 is 13.9 Å². The van der Waals surface area contributed by atoms with E-state index in [1.807, 2.05) is 0 Å². The molecule has 0 N–H and O–H groups in total. The Morgan fingerprint density at radius 3 is 2.44 bits per heavy atom. The van der Waals surface area contributed by atoms with Gasteiger partial charge in [0, 0.05) is 12.3 Å². The van der Waals surface area contributed by atoms with Crippen LogP contribution in [-0.4, -0.2) is 24.7 Å². The second-order valence-corrected chi connectivity index (χ2v) is 5.09. The minimum Gasteiger partial charge on any atom is -0.375 e. The van der Waals surface area contributed by atoms with E-state index in [4.69, 9.17) is 4.74 Å². The van der Waals surface area contributed by atoms with Crippen LogP contribution < -0.4 is 0 Å². The Morgan fingerprint density at radius 1 is 1.12 bits per heavy atom. The number of carbonyl (C=O) groups excluding carboxylic acids is 1. The Labute approximate surface area is 96.5 Å². The van der Waals surface area contributed by atoms with Crippen LogP contribution in [0, 0.1) is 5.92 Å². The van der Waals surface area contributed by atoms with Gasteiger partial charge in [-0.1, -0.05) is 6.42 Å². The molecule has 2 nitrogen and oxygen atoms in total. The molecule has 16 heavy (non-hydrogen) atoms. The number of alkyl halides is 1. The predicted molar refractivity (Wildman–Crippen MR) is 60.1 cm³/mol. The van der Waals surface area contributed by atoms with E-state index >= 15 is 0 Å². The third-order valence-corrected chi connectivity index (χ3v) is 3.80. The SMILES string of the molecule is O=C(CCCCCF)C1CC2CCC(C1)O2. The molecule has 2 aliphatic heterocycles. The molecule has 2 fully saturated rings. The summed E-state index contributed by atoms with van der Waals surface area (Å²) < 4.78 is 17.6. The highest BCUT2D eigenvalue weighted by atomic mass is 19.1. The van der Waals surface area contributed by atoms with E-state index in [1.54, 1.807) is 0 Å². The van der Waals surface area contributed by atoms with Gasteiger partial charge in [-0.3, -0.25) is 9.18 Å². The number of fused-ring (bicyclic) bond motifs is 2. The molecule has 2 bridgehead atoms. The minimum atomic E-state index is -0.254. The highest BCUT2D eigenvalue weighted by Gasteiger charge is 2.37. The van der Waals surface area contributed by atoms with Crippen molar-refractivity contribution in [3.05, 3.63) is 0 Å². The highest BCUT2D eigenvalue weighted by Crippen LogP contribution is 2.36. The Bertz CT molecular complexity index is 230. The monoisotopic (exact) mass is 228 g/mol. The van der Waals surface area contributed by atoms with Gasteiger partial charge >= 0.3 is 0 Å². The molecule has 0 spiro atoms. The number of halogens is 1. The lowest BCUT2D eigenvalue weighted by atomic mass is 9.89. The number of carbonyl (C=O) groups is 1. The van der Waals surface area contributed by atoms with Crippen molar-refractivity contribution in [1.82, 2.24) is 0 Å². The lowest BCUT2D eigenvalue weighted by molar-refractivity contribution is -0.128. The van der Waals surface area contributed by atoms with Crippen LogP contribution in [-0.2, 0) is 9.53 Å². The van der Waals surface area contributed by atoms with Gasteiger partial charge in [-0.15, -0.1) is 0 Å². The van der Waals surface area contributed by atoms with Crippen LogP contribution in [0.15, 0.2) is 0 Å². The van der Waals surface area contributed by atoms with E-state index in [0.29, 0.717) is 30.8 Å². The number of rotatable bonds is 6. The Morgan fingerprint density at radius 2 is 1.81 bits per heavy atom. The number of ketones is 1. The van der Waals surface area contributed by atoms with Gasteiger partial charge in [0.25, 0.3) is 0 Å². The number of hydrogen-bond acceptors (Lipinski definition) is 2. The molecule has 0 aromatic carbocycles. The first-order valence-electron chi connectivity index (χ1n) is 6.53. The quantitative estimate of drug-likeness (QED) is 0.653. The zero-order valence-corrected chi connectivity index (χ0v) is 9.79. The van der Waals surface area contributed by atoms with Crippen LogP contribution in [0.4, 0.5) is 4.39 Å². The summed E-state index contributed by atoms with van der Waals surface area (Å²) >= 11 is 0. The lowest BCUT2D eigenvalue weighted by Gasteiger charge is -2.27. The fraction of sp³-hybridized carbons (Fsp3) is 0.923. The molecule has 2 unspecified atom stereocenters. The summed E-state index contributed by atoms with van der Waals surface area (Å²) in [5.41, 5.74) is 0. The van der Waals surface area contributed by atoms with E-state index in [2.05, 4.69) is 0 Å². The molecule has 2 saturated heterocycles. The summed E-state index contributed by atoms with van der Waals surface area (Å²) in [6, 6.07) is 0. The van der Waals surface area contributed by atoms with Crippen molar-refractivity contribution in [1.29, 1.82) is 0 Å². The van der Waals surface area contributed by atoms with Crippen LogP contribution in [0.25, 0.3) is 0 Å². The van der Waals surface area contributed by atoms with Gasteiger partial charge in [0.2, 0.25) is 0 Å². The molecule has 2 atom stereocenters. The fourth-order valence-corrected chi connectivity index (χ4v) is 2.90. The minimum absolute atomic E-state index is 0.233. The number of ether oxygens (including phenoxy) is 1. The molecule has 2 rings (SSSR count). The van der Waals surface area contributed by atoms with Crippen molar-refractivity contribution in [3.63, 3.8) is 0 Å². The summed E-state index contributed by atoms with van der Waals surface area (Å²) in [6.45, 7) is -0.254. The smallest absolute Gasteiger partial charge is 0.136 e. The summed E-state index contributed by atoms with van der Waals surface area (Å²) in [7, 11) is 0. The Hall–Kier alpha value is -0.440. The van der Waals surface area contributed by atoms with Crippen LogP contribution in [0.2, 0.25) is 0 Å². The van der Waals surface area contributed by atoms with Gasteiger partial charge in [0.15, 0.2) is 0 Å². The molecule has 92 valence electrons. The maximum atomic E-state index is 11.9. The van der Waals surface area contributed by atoms with E-state index in [9.17, 15) is 9.18 Å². The van der Waals surface area contributed by atoms with Crippen LogP contribution in [0.1, 0.15) is 51.4 Å². The molecule has 0 aliphatic carbocycles. The fourth-order valence-electron chi connectivity index (χ4n) is 2.90. The number of hydrogen-bond donors (Lipinski definition) is 0. The zero-order valence-electron chi connectivity index (χ0n) is 9.79. The van der Waals surface area contributed by atoms with Crippen LogP contribution >= 0.6 is 0 Å². The molecule has 2 aliphatic rings. The second kappa shape index (κ2) is 5.76. The van der Waals surface area contributed by atoms with Crippen molar-refractivity contribution in [3.8, 4) is 0 Å². The first kappa shape index (κ1) is 12.0. The standard InChI is InChI=1S/C13H21FO2/c14-7-3-1-2-4-13(15)10-8-11-5-6-12(9-10)16-11/h10-12H,1-9H2. The first-order valence-corrected chi connectivity index (χ1v) is 6.53. The van der Waals surface area contributed by atoms with Crippen molar-refractivity contribution >= 4 is 5.78 Å². The van der Waals surface area contributed by atoms with Crippen LogP contribution in [0.3, 0.4) is 0 Å². The molecular formula is C13H21FO2. The molecule has 0 amide bonds. The summed E-state index contributed by atoms with van der Waals surface area (Å²) in [6.07, 6.45) is 7.77. The van der Waals surface area contributed by atoms with Gasteiger partial charge in [-0.05, 0) is 38.5 Å². The maximum absolute atomic E-state index is 11.9. The van der Waals surface area contributed by atoms with E-state index in [-0.39, 0.29) is 12.6 Å². The molecule has 0 aromatic heterocycles. The maximum Gasteiger partial charge on any atom is 0.136 e. The normalized spacial score (nSPS) is 32.9. The largest absolute Gasteiger partial charge is 0.375 e. The molecule has 0 radical (unpaired) electrons. The molecule has 2 heterocycles. The van der Waals surface area contributed by atoms with Crippen LogP contribution in [0.5, 0.6) is 0 Å². The Kier molecular flexibility index (Phi) is 4.33. The molecular weight excluding hydrogens is 207 g/mol. The van der Waals surface area contributed by atoms with Gasteiger partial charge in [-0.2, -0.15) is 0 Å². The van der Waals surface area contributed by atoms with E-state index < -0.39 is 0 Å². The summed E-state index contributed by atoms with van der Waals surface area (Å²) in [5.74, 6) is 0.621. The number of Topliss-reactive ketones (excluding diaryl/α,β-unsaturated/α-hetero) is 1. The van der Waals surface area contributed by atoms with Gasteiger partial charge in [0.05, 0.1) is 18.9 Å². The van der Waals surface area contributed by atoms with Gasteiger partial charge < -0.3 is 4.74 Å². The third-order valence-electron chi connectivity index (χ3n) is 3.80. The van der Waals surface area contributed by atoms with Gasteiger partial charge in [-0.25, -0.2) is 0 Å². The summed E-state index contributed by atoms with van der Waals surface area (Å²) in [5, 5.41) is 0. The highest BCUT2D eigenvalue weighted by molar-refractivity contribution is 5.81. The zero-order chi connectivity index (χ0) is 11.4. The average molecular weight is 228 g/mol. The lowest BCUT2D eigenvalue weighted by Crippen LogP contribution is -2.29. The first-order chi connectivity index (χ1) is 7.79. The van der Waals surface area contributed by atoms with E-state index in [1.165, 1.54) is 0 Å².